The van der Waals surface area contributed by atoms with Crippen molar-refractivity contribution < 1.29 is 24.5 Å². The number of amides is 2. The first-order valence-corrected chi connectivity index (χ1v) is 6.50. The Labute approximate surface area is 111 Å². The minimum Gasteiger partial charge on any atom is -0.479 e. The van der Waals surface area contributed by atoms with Crippen molar-refractivity contribution in [2.24, 2.45) is 5.92 Å². The van der Waals surface area contributed by atoms with Crippen LogP contribution in [0.5, 0.6) is 0 Å². The Morgan fingerprint density at radius 2 is 2.11 bits per heavy atom. The molecule has 1 saturated heterocycles. The third-order valence-electron chi connectivity index (χ3n) is 3.68. The SMILES string of the molecule is CN(CC1CC(O)C1)C(=O)N1CCOC(C(=O)O)C1. The van der Waals surface area contributed by atoms with Crippen LogP contribution in [0, 0.1) is 5.92 Å². The van der Waals surface area contributed by atoms with Crippen molar-refractivity contribution in [1.29, 1.82) is 0 Å². The second-order valence-corrected chi connectivity index (χ2v) is 5.30. The molecule has 0 radical (unpaired) electrons. The molecule has 0 spiro atoms. The largest absolute Gasteiger partial charge is 0.479 e. The zero-order chi connectivity index (χ0) is 14.0. The van der Waals surface area contributed by atoms with Crippen LogP contribution < -0.4 is 0 Å². The van der Waals surface area contributed by atoms with Gasteiger partial charge in [0.15, 0.2) is 6.10 Å². The highest BCUT2D eigenvalue weighted by atomic mass is 16.5. The van der Waals surface area contributed by atoms with Crippen LogP contribution in [0.2, 0.25) is 0 Å². The third-order valence-corrected chi connectivity index (χ3v) is 3.68. The Bertz CT molecular complexity index is 356. The summed E-state index contributed by atoms with van der Waals surface area (Å²) in [5.74, 6) is -0.692. The molecule has 2 rings (SSSR count). The Kier molecular flexibility index (Phi) is 4.26. The number of aliphatic hydroxyl groups excluding tert-OH is 1. The minimum absolute atomic E-state index is 0.0891. The molecule has 1 unspecified atom stereocenters. The summed E-state index contributed by atoms with van der Waals surface area (Å²) in [6.07, 6.45) is 0.307. The topological polar surface area (TPSA) is 90.3 Å². The van der Waals surface area contributed by atoms with Crippen LogP contribution in [-0.2, 0) is 9.53 Å². The fraction of sp³-hybridized carbons (Fsp3) is 0.833. The first kappa shape index (κ1) is 14.1. The summed E-state index contributed by atoms with van der Waals surface area (Å²) in [4.78, 5) is 26.1. The number of hydrogen-bond acceptors (Lipinski definition) is 4. The van der Waals surface area contributed by atoms with Crippen LogP contribution in [0.4, 0.5) is 4.79 Å². The number of carboxylic acids is 1. The van der Waals surface area contributed by atoms with Gasteiger partial charge >= 0.3 is 12.0 Å². The Morgan fingerprint density at radius 1 is 1.42 bits per heavy atom. The van der Waals surface area contributed by atoms with E-state index in [1.807, 2.05) is 0 Å². The van der Waals surface area contributed by atoms with Gasteiger partial charge in [-0.1, -0.05) is 0 Å². The lowest BCUT2D eigenvalue weighted by molar-refractivity contribution is -0.154. The van der Waals surface area contributed by atoms with Crippen molar-refractivity contribution in [2.45, 2.75) is 25.0 Å². The quantitative estimate of drug-likeness (QED) is 0.729. The maximum atomic E-state index is 12.2. The number of nitrogens with zero attached hydrogens (tertiary/aromatic N) is 2. The van der Waals surface area contributed by atoms with E-state index in [2.05, 4.69) is 0 Å². The van der Waals surface area contributed by atoms with Gasteiger partial charge in [-0.2, -0.15) is 0 Å². The predicted molar refractivity (Wildman–Crippen MR) is 65.7 cm³/mol. The van der Waals surface area contributed by atoms with Gasteiger partial charge in [-0.05, 0) is 18.8 Å². The summed E-state index contributed by atoms with van der Waals surface area (Å²) in [5.41, 5.74) is 0. The molecule has 1 aliphatic carbocycles. The molecule has 7 heteroatoms. The number of morpholine rings is 1. The average molecular weight is 272 g/mol. The van der Waals surface area contributed by atoms with Crippen molar-refractivity contribution in [3.63, 3.8) is 0 Å². The third kappa shape index (κ3) is 3.36. The highest BCUT2D eigenvalue weighted by molar-refractivity contribution is 5.77. The minimum atomic E-state index is -1.04. The van der Waals surface area contributed by atoms with Crippen LogP contribution in [0.1, 0.15) is 12.8 Å². The fourth-order valence-electron chi connectivity index (χ4n) is 2.53. The summed E-state index contributed by atoms with van der Waals surface area (Å²) < 4.78 is 5.08. The van der Waals surface area contributed by atoms with Crippen molar-refractivity contribution >= 4 is 12.0 Å². The molecule has 2 aliphatic rings. The highest BCUT2D eigenvalue weighted by Gasteiger charge is 2.33. The van der Waals surface area contributed by atoms with Gasteiger partial charge < -0.3 is 24.7 Å². The number of carbonyl (C=O) groups is 2. The molecule has 1 atom stereocenters. The molecule has 0 aromatic carbocycles. The molecule has 1 saturated carbocycles. The number of carbonyl (C=O) groups excluding carboxylic acids is 1. The Morgan fingerprint density at radius 3 is 2.68 bits per heavy atom. The van der Waals surface area contributed by atoms with Crippen LogP contribution >= 0.6 is 0 Å². The number of carboxylic acid groups (broad SMARTS) is 1. The van der Waals surface area contributed by atoms with Crippen molar-refractivity contribution in [3.8, 4) is 0 Å². The van der Waals surface area contributed by atoms with E-state index in [-0.39, 0.29) is 25.3 Å². The molecule has 1 heterocycles. The van der Waals surface area contributed by atoms with Crippen LogP contribution in [-0.4, -0.2) is 77.5 Å². The fourth-order valence-corrected chi connectivity index (χ4v) is 2.53. The van der Waals surface area contributed by atoms with E-state index in [4.69, 9.17) is 9.84 Å². The lowest BCUT2D eigenvalue weighted by atomic mass is 9.82. The molecule has 0 bridgehead atoms. The molecule has 2 N–H and O–H groups in total. The summed E-state index contributed by atoms with van der Waals surface area (Å²) in [5, 5.41) is 18.1. The normalized spacial score (nSPS) is 30.6. The van der Waals surface area contributed by atoms with Crippen LogP contribution in [0.3, 0.4) is 0 Å². The number of urea groups is 1. The molecular weight excluding hydrogens is 252 g/mol. The second-order valence-electron chi connectivity index (χ2n) is 5.30. The molecule has 108 valence electrons. The van der Waals surface area contributed by atoms with Crippen LogP contribution in [0.25, 0.3) is 0 Å². The first-order chi connectivity index (χ1) is 8.97. The molecule has 19 heavy (non-hydrogen) atoms. The van der Waals surface area contributed by atoms with E-state index >= 15 is 0 Å². The summed E-state index contributed by atoms with van der Waals surface area (Å²) in [6.45, 7) is 1.36. The van der Waals surface area contributed by atoms with Gasteiger partial charge in [0.25, 0.3) is 0 Å². The van der Waals surface area contributed by atoms with Crippen molar-refractivity contribution in [3.05, 3.63) is 0 Å². The predicted octanol–water partition coefficient (Wildman–Crippen LogP) is -0.405. The van der Waals surface area contributed by atoms with E-state index in [0.29, 0.717) is 19.0 Å². The monoisotopic (exact) mass is 272 g/mol. The number of aliphatic hydroxyl groups is 1. The molecule has 2 amide bonds. The zero-order valence-corrected chi connectivity index (χ0v) is 11.0. The van der Waals surface area contributed by atoms with E-state index in [0.717, 1.165) is 12.8 Å². The molecule has 1 aliphatic heterocycles. The van der Waals surface area contributed by atoms with Gasteiger partial charge in [0.05, 0.1) is 19.3 Å². The van der Waals surface area contributed by atoms with Gasteiger partial charge in [-0.15, -0.1) is 0 Å². The Hall–Kier alpha value is -1.34. The van der Waals surface area contributed by atoms with E-state index in [1.165, 1.54) is 4.90 Å². The van der Waals surface area contributed by atoms with Gasteiger partial charge in [-0.3, -0.25) is 0 Å². The highest BCUT2D eigenvalue weighted by Crippen LogP contribution is 2.27. The lowest BCUT2D eigenvalue weighted by Gasteiger charge is -2.38. The molecule has 0 aromatic rings. The maximum absolute atomic E-state index is 12.2. The van der Waals surface area contributed by atoms with Crippen molar-refractivity contribution in [1.82, 2.24) is 9.80 Å². The standard InChI is InChI=1S/C12H20N2O5/c1-13(6-8-4-9(15)5-8)12(18)14-2-3-19-10(7-14)11(16)17/h8-10,15H,2-7H2,1H3,(H,16,17). The maximum Gasteiger partial charge on any atom is 0.334 e. The van der Waals surface area contributed by atoms with Gasteiger partial charge in [0, 0.05) is 20.1 Å². The first-order valence-electron chi connectivity index (χ1n) is 6.50. The van der Waals surface area contributed by atoms with E-state index in [1.54, 1.807) is 11.9 Å². The summed E-state index contributed by atoms with van der Waals surface area (Å²) in [7, 11) is 1.71. The summed E-state index contributed by atoms with van der Waals surface area (Å²) >= 11 is 0. The number of rotatable bonds is 3. The van der Waals surface area contributed by atoms with Crippen LogP contribution in [0.15, 0.2) is 0 Å². The summed E-state index contributed by atoms with van der Waals surface area (Å²) in [6, 6.07) is -0.170. The smallest absolute Gasteiger partial charge is 0.334 e. The average Bonchev–Trinajstić information content (AvgIpc) is 2.36. The number of hydrogen-bond donors (Lipinski definition) is 2. The Balaban J connectivity index is 1.82. The molecular formula is C12H20N2O5. The number of ether oxygens (including phenoxy) is 1. The lowest BCUT2D eigenvalue weighted by Crippen LogP contribution is -2.53. The number of aliphatic carboxylic acids is 1. The molecule has 0 aromatic heterocycles. The second kappa shape index (κ2) is 5.75. The van der Waals surface area contributed by atoms with Gasteiger partial charge in [0.2, 0.25) is 0 Å². The molecule has 7 nitrogen and oxygen atoms in total. The van der Waals surface area contributed by atoms with Crippen molar-refractivity contribution in [2.75, 3.05) is 33.3 Å². The van der Waals surface area contributed by atoms with E-state index < -0.39 is 12.1 Å². The zero-order valence-electron chi connectivity index (χ0n) is 11.0. The van der Waals surface area contributed by atoms with Gasteiger partial charge in [0.1, 0.15) is 0 Å². The van der Waals surface area contributed by atoms with E-state index in [9.17, 15) is 14.7 Å². The molecule has 2 fully saturated rings. The van der Waals surface area contributed by atoms with Gasteiger partial charge in [-0.25, -0.2) is 9.59 Å².